The van der Waals surface area contributed by atoms with E-state index in [1.807, 2.05) is 0 Å². The fourth-order valence-electron chi connectivity index (χ4n) is 3.78. The van der Waals surface area contributed by atoms with Crippen LogP contribution in [0.15, 0.2) is 24.3 Å². The SMILES string of the molecule is O=C(O)[C@H]1CO[C@H]2CCC[C@@H](N3C(=O)c4ccccc4C3=O)C(=O)N21. The lowest BCUT2D eigenvalue weighted by Crippen LogP contribution is -2.54. The summed E-state index contributed by atoms with van der Waals surface area (Å²) >= 11 is 0. The minimum absolute atomic E-state index is 0.0828. The molecule has 1 aromatic carbocycles. The molecule has 0 spiro atoms. The number of carboxylic acid groups (broad SMARTS) is 1. The lowest BCUT2D eigenvalue weighted by atomic mass is 10.1. The Hall–Kier alpha value is -2.74. The minimum Gasteiger partial charge on any atom is -0.480 e. The van der Waals surface area contributed by atoms with Crippen molar-refractivity contribution in [1.82, 2.24) is 9.80 Å². The van der Waals surface area contributed by atoms with Gasteiger partial charge in [-0.1, -0.05) is 12.1 Å². The molecule has 3 amide bonds. The molecule has 8 nitrogen and oxygen atoms in total. The molecule has 4 rings (SSSR count). The molecule has 0 aromatic heterocycles. The Balaban J connectivity index is 1.69. The maximum atomic E-state index is 13.0. The number of nitrogens with zero attached hydrogens (tertiary/aromatic N) is 2. The Kier molecular flexibility index (Phi) is 3.57. The van der Waals surface area contributed by atoms with E-state index in [-0.39, 0.29) is 17.7 Å². The van der Waals surface area contributed by atoms with Crippen molar-refractivity contribution in [3.8, 4) is 0 Å². The van der Waals surface area contributed by atoms with E-state index < -0.39 is 42.0 Å². The maximum Gasteiger partial charge on any atom is 0.328 e. The first-order valence-corrected chi connectivity index (χ1v) is 8.14. The van der Waals surface area contributed by atoms with Gasteiger partial charge < -0.3 is 9.84 Å². The second kappa shape index (κ2) is 5.66. The first-order valence-electron chi connectivity index (χ1n) is 8.14. The third-order valence-electron chi connectivity index (χ3n) is 4.98. The highest BCUT2D eigenvalue weighted by molar-refractivity contribution is 6.22. The van der Waals surface area contributed by atoms with E-state index in [0.717, 1.165) is 4.90 Å². The molecule has 0 bridgehead atoms. The number of ether oxygens (including phenoxy) is 1. The van der Waals surface area contributed by atoms with Crippen molar-refractivity contribution in [3.05, 3.63) is 35.4 Å². The van der Waals surface area contributed by atoms with Crippen LogP contribution < -0.4 is 0 Å². The van der Waals surface area contributed by atoms with Crippen LogP contribution in [0.3, 0.4) is 0 Å². The summed E-state index contributed by atoms with van der Waals surface area (Å²) in [6.45, 7) is -0.0828. The number of imide groups is 1. The molecule has 0 aliphatic carbocycles. The number of hydrogen-bond acceptors (Lipinski definition) is 5. The Morgan fingerprint density at radius 1 is 1.08 bits per heavy atom. The molecule has 2 saturated heterocycles. The van der Waals surface area contributed by atoms with Gasteiger partial charge >= 0.3 is 5.97 Å². The van der Waals surface area contributed by atoms with E-state index in [0.29, 0.717) is 19.3 Å². The van der Waals surface area contributed by atoms with Gasteiger partial charge in [-0.05, 0) is 31.4 Å². The molecule has 3 aliphatic rings. The second-order valence-electron chi connectivity index (χ2n) is 6.36. The van der Waals surface area contributed by atoms with Crippen LogP contribution in [-0.2, 0) is 14.3 Å². The molecule has 0 unspecified atom stereocenters. The first kappa shape index (κ1) is 15.8. The maximum absolute atomic E-state index is 13.0. The van der Waals surface area contributed by atoms with Crippen molar-refractivity contribution >= 4 is 23.7 Å². The van der Waals surface area contributed by atoms with Crippen molar-refractivity contribution in [2.24, 2.45) is 0 Å². The van der Waals surface area contributed by atoms with Crippen LogP contribution in [0.25, 0.3) is 0 Å². The van der Waals surface area contributed by atoms with Crippen LogP contribution in [0.5, 0.6) is 0 Å². The van der Waals surface area contributed by atoms with E-state index in [9.17, 15) is 24.3 Å². The summed E-state index contributed by atoms with van der Waals surface area (Å²) in [4.78, 5) is 51.9. The number of carbonyl (C=O) groups is 4. The number of carboxylic acids is 1. The normalized spacial score (nSPS) is 28.8. The fraction of sp³-hybridized carbons (Fsp3) is 0.412. The van der Waals surface area contributed by atoms with Gasteiger partial charge in [-0.3, -0.25) is 24.2 Å². The van der Waals surface area contributed by atoms with Gasteiger partial charge in [0.05, 0.1) is 17.7 Å². The summed E-state index contributed by atoms with van der Waals surface area (Å²) in [6.07, 6.45) is 0.716. The summed E-state index contributed by atoms with van der Waals surface area (Å²) in [6, 6.07) is 4.34. The van der Waals surface area contributed by atoms with E-state index in [4.69, 9.17) is 4.74 Å². The molecule has 3 atom stereocenters. The van der Waals surface area contributed by atoms with Gasteiger partial charge in [-0.15, -0.1) is 0 Å². The van der Waals surface area contributed by atoms with Crippen LogP contribution in [-0.4, -0.2) is 63.5 Å². The molecule has 1 aromatic rings. The quantitative estimate of drug-likeness (QED) is 0.782. The van der Waals surface area contributed by atoms with Gasteiger partial charge in [0, 0.05) is 0 Å². The molecule has 25 heavy (non-hydrogen) atoms. The first-order chi connectivity index (χ1) is 12.0. The summed E-state index contributed by atoms with van der Waals surface area (Å²) in [5.41, 5.74) is 0.544. The van der Waals surface area contributed by atoms with Crippen molar-refractivity contribution in [2.45, 2.75) is 37.6 Å². The number of fused-ring (bicyclic) bond motifs is 2. The van der Waals surface area contributed by atoms with Crippen LogP contribution in [0.4, 0.5) is 0 Å². The molecule has 0 saturated carbocycles. The highest BCUT2D eigenvalue weighted by Gasteiger charge is 2.50. The molecule has 8 heteroatoms. The number of amides is 3. The van der Waals surface area contributed by atoms with Gasteiger partial charge in [0.1, 0.15) is 12.3 Å². The number of hydrogen-bond donors (Lipinski definition) is 1. The molecular formula is C17H16N2O6. The lowest BCUT2D eigenvalue weighted by Gasteiger charge is -2.30. The summed E-state index contributed by atoms with van der Waals surface area (Å²) < 4.78 is 5.44. The van der Waals surface area contributed by atoms with Gasteiger partial charge in [0.15, 0.2) is 6.04 Å². The van der Waals surface area contributed by atoms with E-state index >= 15 is 0 Å². The van der Waals surface area contributed by atoms with Crippen molar-refractivity contribution in [1.29, 1.82) is 0 Å². The van der Waals surface area contributed by atoms with Crippen molar-refractivity contribution < 1.29 is 29.0 Å². The Labute approximate surface area is 143 Å². The second-order valence-corrected chi connectivity index (χ2v) is 6.36. The standard InChI is InChI=1S/C17H16N2O6/c20-14-9-4-1-2-5-10(9)15(21)19(14)11-6-3-7-13-18(16(11)22)12(8-25-13)17(23)24/h1-2,4-5,11-13H,3,6-8H2,(H,23,24)/t11-,12-,13+/m1/s1. The molecule has 1 N–H and O–H groups in total. The number of benzene rings is 1. The highest BCUT2D eigenvalue weighted by Crippen LogP contribution is 2.32. The molecule has 3 aliphatic heterocycles. The average Bonchev–Trinajstić information content (AvgIpc) is 3.08. The van der Waals surface area contributed by atoms with Gasteiger partial charge in [0.25, 0.3) is 11.8 Å². The predicted octanol–water partition coefficient (Wildman–Crippen LogP) is 0.473. The van der Waals surface area contributed by atoms with E-state index in [1.54, 1.807) is 24.3 Å². The minimum atomic E-state index is -1.15. The summed E-state index contributed by atoms with van der Waals surface area (Å²) in [5, 5.41) is 9.34. The van der Waals surface area contributed by atoms with Crippen LogP contribution in [0.2, 0.25) is 0 Å². The third-order valence-corrected chi connectivity index (χ3v) is 4.98. The van der Waals surface area contributed by atoms with Crippen molar-refractivity contribution in [3.63, 3.8) is 0 Å². The van der Waals surface area contributed by atoms with E-state index in [1.165, 1.54) is 4.90 Å². The van der Waals surface area contributed by atoms with Gasteiger partial charge in [-0.2, -0.15) is 0 Å². The smallest absolute Gasteiger partial charge is 0.328 e. The Morgan fingerprint density at radius 3 is 2.32 bits per heavy atom. The number of rotatable bonds is 2. The molecule has 130 valence electrons. The highest BCUT2D eigenvalue weighted by atomic mass is 16.5. The molecule has 2 fully saturated rings. The van der Waals surface area contributed by atoms with E-state index in [2.05, 4.69) is 0 Å². The van der Waals surface area contributed by atoms with Crippen molar-refractivity contribution in [2.75, 3.05) is 6.61 Å². The zero-order valence-electron chi connectivity index (χ0n) is 13.3. The monoisotopic (exact) mass is 344 g/mol. The molecular weight excluding hydrogens is 328 g/mol. The van der Waals surface area contributed by atoms with Gasteiger partial charge in [-0.25, -0.2) is 4.79 Å². The summed E-state index contributed by atoms with van der Waals surface area (Å²) in [7, 11) is 0. The summed E-state index contributed by atoms with van der Waals surface area (Å²) in [5.74, 6) is -2.71. The topological polar surface area (TPSA) is 104 Å². The third kappa shape index (κ3) is 2.25. The Bertz CT molecular complexity index is 756. The fourth-order valence-corrected chi connectivity index (χ4v) is 3.78. The predicted molar refractivity (Wildman–Crippen MR) is 82.6 cm³/mol. The zero-order valence-corrected chi connectivity index (χ0v) is 13.3. The largest absolute Gasteiger partial charge is 0.480 e. The Morgan fingerprint density at radius 2 is 1.72 bits per heavy atom. The lowest BCUT2D eigenvalue weighted by molar-refractivity contribution is -0.151. The number of aliphatic carboxylic acids is 1. The van der Waals surface area contributed by atoms with Crippen LogP contribution in [0, 0.1) is 0 Å². The number of carbonyl (C=O) groups excluding carboxylic acids is 3. The average molecular weight is 344 g/mol. The zero-order chi connectivity index (χ0) is 17.7. The van der Waals surface area contributed by atoms with Crippen LogP contribution in [0.1, 0.15) is 40.0 Å². The molecule has 3 heterocycles. The van der Waals surface area contributed by atoms with Crippen LogP contribution >= 0.6 is 0 Å². The van der Waals surface area contributed by atoms with Gasteiger partial charge in [0.2, 0.25) is 5.91 Å². The molecule has 0 radical (unpaired) electrons.